The Morgan fingerprint density at radius 3 is 3.04 bits per heavy atom. The highest BCUT2D eigenvalue weighted by Crippen LogP contribution is 2.32. The van der Waals surface area contributed by atoms with Crippen LogP contribution in [0.15, 0.2) is 28.8 Å². The first-order valence-electron chi connectivity index (χ1n) is 9.06. The van der Waals surface area contributed by atoms with Gasteiger partial charge in [0.25, 0.3) is 5.91 Å². The van der Waals surface area contributed by atoms with Crippen LogP contribution in [0.2, 0.25) is 0 Å². The Kier molecular flexibility index (Phi) is 4.97. The van der Waals surface area contributed by atoms with Gasteiger partial charge in [-0.15, -0.1) is 22.7 Å². The molecule has 0 radical (unpaired) electrons. The highest BCUT2D eigenvalue weighted by Gasteiger charge is 2.20. The van der Waals surface area contributed by atoms with Gasteiger partial charge >= 0.3 is 0 Å². The molecule has 0 unspecified atom stereocenters. The average Bonchev–Trinajstić information content (AvgIpc) is 3.34. The second-order valence-electron chi connectivity index (χ2n) is 7.08. The zero-order chi connectivity index (χ0) is 19.0. The molecule has 5 nitrogen and oxygen atoms in total. The molecule has 3 aromatic heterocycles. The fraction of sp³-hybridized carbons (Fsp3) is 0.350. The number of thiazole rings is 1. The lowest BCUT2D eigenvalue weighted by Gasteiger charge is -2.16. The molecule has 0 fully saturated rings. The van der Waals surface area contributed by atoms with Crippen LogP contribution >= 0.6 is 22.7 Å². The summed E-state index contributed by atoms with van der Waals surface area (Å²) in [6.45, 7) is 6.35. The minimum absolute atomic E-state index is 0.132. The van der Waals surface area contributed by atoms with Gasteiger partial charge < -0.3 is 0 Å². The lowest BCUT2D eigenvalue weighted by molar-refractivity contribution is 0.0959. The SMILES string of the molecule is Cc1cc(/C=N\NC(=O)c2cc3c(s2)CC[C@H](C)C3)c(C)n1-c1nccs1. The first-order valence-corrected chi connectivity index (χ1v) is 10.8. The van der Waals surface area contributed by atoms with E-state index in [4.69, 9.17) is 0 Å². The number of hydrogen-bond acceptors (Lipinski definition) is 5. The van der Waals surface area contributed by atoms with Crippen molar-refractivity contribution in [3.63, 3.8) is 0 Å². The Morgan fingerprint density at radius 2 is 2.26 bits per heavy atom. The number of amides is 1. The highest BCUT2D eigenvalue weighted by molar-refractivity contribution is 7.14. The van der Waals surface area contributed by atoms with Crippen LogP contribution in [0.1, 0.15) is 50.4 Å². The van der Waals surface area contributed by atoms with Crippen LogP contribution in [0, 0.1) is 19.8 Å². The van der Waals surface area contributed by atoms with E-state index in [-0.39, 0.29) is 5.91 Å². The number of rotatable bonds is 4. The second-order valence-corrected chi connectivity index (χ2v) is 9.09. The van der Waals surface area contributed by atoms with Gasteiger partial charge in [-0.1, -0.05) is 6.92 Å². The number of nitrogens with one attached hydrogen (secondary N) is 1. The topological polar surface area (TPSA) is 59.3 Å². The van der Waals surface area contributed by atoms with E-state index in [1.54, 1.807) is 35.1 Å². The van der Waals surface area contributed by atoms with E-state index < -0.39 is 0 Å². The summed E-state index contributed by atoms with van der Waals surface area (Å²) in [6, 6.07) is 4.09. The van der Waals surface area contributed by atoms with E-state index in [0.717, 1.165) is 39.8 Å². The summed E-state index contributed by atoms with van der Waals surface area (Å²) in [5.74, 6) is 0.571. The molecule has 27 heavy (non-hydrogen) atoms. The molecular weight excluding hydrogens is 376 g/mol. The third-order valence-electron chi connectivity index (χ3n) is 5.00. The van der Waals surface area contributed by atoms with E-state index in [1.165, 1.54) is 16.9 Å². The molecule has 7 heteroatoms. The first kappa shape index (κ1) is 18.1. The van der Waals surface area contributed by atoms with Crippen molar-refractivity contribution in [2.75, 3.05) is 0 Å². The number of aromatic nitrogens is 2. The monoisotopic (exact) mass is 398 g/mol. The fourth-order valence-electron chi connectivity index (χ4n) is 3.57. The summed E-state index contributed by atoms with van der Waals surface area (Å²) >= 11 is 3.20. The molecule has 1 amide bonds. The molecule has 0 spiro atoms. The summed E-state index contributed by atoms with van der Waals surface area (Å²) in [7, 11) is 0. The molecule has 140 valence electrons. The van der Waals surface area contributed by atoms with Gasteiger partial charge in [0.05, 0.1) is 11.1 Å². The van der Waals surface area contributed by atoms with Gasteiger partial charge in [0.15, 0.2) is 5.13 Å². The van der Waals surface area contributed by atoms with Gasteiger partial charge in [-0.3, -0.25) is 9.36 Å². The molecule has 4 rings (SSSR count). The summed E-state index contributed by atoms with van der Waals surface area (Å²) in [4.78, 5) is 18.9. The fourth-order valence-corrected chi connectivity index (χ4v) is 5.42. The smallest absolute Gasteiger partial charge is 0.281 e. The van der Waals surface area contributed by atoms with Gasteiger partial charge in [-0.05, 0) is 56.7 Å². The number of nitrogens with zero attached hydrogens (tertiary/aromatic N) is 3. The summed E-state index contributed by atoms with van der Waals surface area (Å²) in [6.07, 6.45) is 6.88. The van der Waals surface area contributed by atoms with Crippen molar-refractivity contribution in [2.24, 2.45) is 11.0 Å². The lowest BCUT2D eigenvalue weighted by Crippen LogP contribution is -2.16. The Bertz CT molecular complexity index is 998. The van der Waals surface area contributed by atoms with Crippen LogP contribution in [0.3, 0.4) is 0 Å². The van der Waals surface area contributed by atoms with Crippen molar-refractivity contribution >= 4 is 34.8 Å². The Labute approximate surface area is 166 Å². The van der Waals surface area contributed by atoms with Crippen molar-refractivity contribution in [1.29, 1.82) is 0 Å². The third kappa shape index (κ3) is 3.61. The zero-order valence-electron chi connectivity index (χ0n) is 15.7. The van der Waals surface area contributed by atoms with E-state index in [1.807, 2.05) is 25.3 Å². The number of thiophene rings is 1. The van der Waals surface area contributed by atoms with Crippen LogP contribution in [0.4, 0.5) is 0 Å². The molecule has 0 bridgehead atoms. The maximum atomic E-state index is 12.5. The molecule has 1 aliphatic rings. The van der Waals surface area contributed by atoms with Gasteiger partial charge in [0.2, 0.25) is 0 Å². The van der Waals surface area contributed by atoms with Crippen LogP contribution in [0.25, 0.3) is 5.13 Å². The van der Waals surface area contributed by atoms with Crippen LogP contribution < -0.4 is 5.43 Å². The highest BCUT2D eigenvalue weighted by atomic mass is 32.1. The molecule has 0 saturated carbocycles. The number of carbonyl (C=O) groups excluding carboxylic acids is 1. The van der Waals surface area contributed by atoms with Crippen molar-refractivity contribution in [3.8, 4) is 5.13 Å². The number of hydrazone groups is 1. The van der Waals surface area contributed by atoms with Crippen molar-refractivity contribution in [2.45, 2.75) is 40.0 Å². The van der Waals surface area contributed by atoms with E-state index in [0.29, 0.717) is 5.92 Å². The van der Waals surface area contributed by atoms with Crippen molar-refractivity contribution < 1.29 is 4.79 Å². The van der Waals surface area contributed by atoms with Gasteiger partial charge in [-0.2, -0.15) is 5.10 Å². The number of fused-ring (bicyclic) bond motifs is 1. The van der Waals surface area contributed by atoms with Crippen LogP contribution in [0.5, 0.6) is 0 Å². The quantitative estimate of drug-likeness (QED) is 0.519. The van der Waals surface area contributed by atoms with Crippen molar-refractivity contribution in [3.05, 3.63) is 56.0 Å². The Balaban J connectivity index is 1.47. The zero-order valence-corrected chi connectivity index (χ0v) is 17.3. The summed E-state index contributed by atoms with van der Waals surface area (Å²) < 4.78 is 2.10. The largest absolute Gasteiger partial charge is 0.294 e. The lowest BCUT2D eigenvalue weighted by atomic mass is 9.90. The van der Waals surface area contributed by atoms with Crippen molar-refractivity contribution in [1.82, 2.24) is 15.0 Å². The minimum Gasteiger partial charge on any atom is -0.294 e. The summed E-state index contributed by atoms with van der Waals surface area (Å²) in [5.41, 5.74) is 7.13. The predicted molar refractivity (Wildman–Crippen MR) is 111 cm³/mol. The first-order chi connectivity index (χ1) is 13.0. The number of carbonyl (C=O) groups is 1. The third-order valence-corrected chi connectivity index (χ3v) is 7.00. The molecular formula is C20H22N4OS2. The Hall–Kier alpha value is -2.25. The molecule has 0 aromatic carbocycles. The van der Waals surface area contributed by atoms with Gasteiger partial charge in [0.1, 0.15) is 0 Å². The normalized spacial score (nSPS) is 16.6. The minimum atomic E-state index is -0.132. The van der Waals surface area contributed by atoms with E-state index in [9.17, 15) is 4.79 Å². The standard InChI is InChI=1S/C20H22N4OS2/c1-12-4-5-17-15(8-12)10-18(27-17)19(25)23-22-11-16-9-13(2)24(14(16)3)20-21-6-7-26-20/h6-7,9-12H,4-5,8H2,1-3H3,(H,23,25)/b22-11-/t12-/m0/s1. The van der Waals surface area contributed by atoms with Crippen LogP contribution in [-0.2, 0) is 12.8 Å². The van der Waals surface area contributed by atoms with E-state index >= 15 is 0 Å². The molecule has 3 aromatic rings. The molecule has 3 heterocycles. The molecule has 0 aliphatic heterocycles. The maximum absolute atomic E-state index is 12.5. The maximum Gasteiger partial charge on any atom is 0.281 e. The van der Waals surface area contributed by atoms with Gasteiger partial charge in [0, 0.05) is 33.4 Å². The predicted octanol–water partition coefficient (Wildman–Crippen LogP) is 4.50. The summed E-state index contributed by atoms with van der Waals surface area (Å²) in [5, 5.41) is 7.09. The van der Waals surface area contributed by atoms with E-state index in [2.05, 4.69) is 33.1 Å². The number of hydrogen-bond donors (Lipinski definition) is 1. The van der Waals surface area contributed by atoms with Gasteiger partial charge in [-0.25, -0.2) is 10.4 Å². The van der Waals surface area contributed by atoms with Crippen LogP contribution in [-0.4, -0.2) is 21.7 Å². The molecule has 0 saturated heterocycles. The second kappa shape index (κ2) is 7.40. The number of aryl methyl sites for hydroxylation is 2. The molecule has 1 atom stereocenters. The Morgan fingerprint density at radius 1 is 1.41 bits per heavy atom. The molecule has 1 N–H and O–H groups in total. The molecule has 1 aliphatic carbocycles. The average molecular weight is 399 g/mol.